The lowest BCUT2D eigenvalue weighted by Gasteiger charge is -2.04. The number of alkyl halides is 2. The van der Waals surface area contributed by atoms with Crippen LogP contribution in [0.4, 0.5) is 13.2 Å². The van der Waals surface area contributed by atoms with Gasteiger partial charge < -0.3 is 9.40 Å². The fourth-order valence-electron chi connectivity index (χ4n) is 2.70. The first-order valence-electron chi connectivity index (χ1n) is 7.42. The number of fused-ring (bicyclic) bond motifs is 3. The van der Waals surface area contributed by atoms with Gasteiger partial charge in [0.2, 0.25) is 0 Å². The summed E-state index contributed by atoms with van der Waals surface area (Å²) in [5.41, 5.74) is -0.124. The molecule has 8 heteroatoms. The minimum atomic E-state index is -2.93. The average molecular weight is 355 g/mol. The molecule has 0 unspecified atom stereocenters. The molecule has 2 aromatic heterocycles. The Morgan fingerprint density at radius 3 is 2.58 bits per heavy atom. The van der Waals surface area contributed by atoms with Gasteiger partial charge in [0.1, 0.15) is 22.6 Å². The van der Waals surface area contributed by atoms with Crippen molar-refractivity contribution in [1.29, 1.82) is 5.26 Å². The van der Waals surface area contributed by atoms with Gasteiger partial charge in [0.25, 0.3) is 6.43 Å². The van der Waals surface area contributed by atoms with Crippen LogP contribution in [0.15, 0.2) is 45.6 Å². The van der Waals surface area contributed by atoms with E-state index in [1.54, 1.807) is 24.3 Å². The summed E-state index contributed by atoms with van der Waals surface area (Å²) in [5, 5.41) is 8.75. The van der Waals surface area contributed by atoms with Gasteiger partial charge in [-0.05, 0) is 30.3 Å². The van der Waals surface area contributed by atoms with Crippen LogP contribution < -0.4 is 5.43 Å². The number of aromatic amines is 1. The van der Waals surface area contributed by atoms with Gasteiger partial charge in [0, 0.05) is 11.6 Å². The minimum absolute atomic E-state index is 0.0867. The summed E-state index contributed by atoms with van der Waals surface area (Å²) >= 11 is 0. The van der Waals surface area contributed by atoms with Gasteiger partial charge in [-0.2, -0.15) is 5.26 Å². The summed E-state index contributed by atoms with van der Waals surface area (Å²) in [4.78, 5) is 18.3. The van der Waals surface area contributed by atoms with Crippen LogP contribution in [0.2, 0.25) is 0 Å². The van der Waals surface area contributed by atoms with Crippen molar-refractivity contribution in [1.82, 2.24) is 9.97 Å². The van der Waals surface area contributed by atoms with Gasteiger partial charge in [0.05, 0.1) is 17.0 Å². The van der Waals surface area contributed by atoms with Crippen molar-refractivity contribution in [2.45, 2.75) is 6.43 Å². The normalized spacial score (nSPS) is 11.3. The van der Waals surface area contributed by atoms with E-state index in [4.69, 9.17) is 9.68 Å². The molecule has 0 radical (unpaired) electrons. The first-order chi connectivity index (χ1) is 12.5. The highest BCUT2D eigenvalue weighted by Gasteiger charge is 2.20. The second kappa shape index (κ2) is 5.74. The molecule has 0 aliphatic rings. The Balaban J connectivity index is 2.03. The predicted molar refractivity (Wildman–Crippen MR) is 87.2 cm³/mol. The Bertz CT molecular complexity index is 1250. The number of aromatic nitrogens is 2. The zero-order valence-electron chi connectivity index (χ0n) is 12.9. The Labute approximate surface area is 143 Å². The summed E-state index contributed by atoms with van der Waals surface area (Å²) in [6.45, 7) is 0. The van der Waals surface area contributed by atoms with Crippen LogP contribution in [-0.2, 0) is 0 Å². The molecule has 0 bridgehead atoms. The molecule has 2 heterocycles. The summed E-state index contributed by atoms with van der Waals surface area (Å²) in [6.07, 6.45) is -2.93. The molecule has 128 valence electrons. The molecule has 2 aromatic carbocycles. The topological polar surface area (TPSA) is 82.7 Å². The lowest BCUT2D eigenvalue weighted by atomic mass is 10.1. The summed E-state index contributed by atoms with van der Waals surface area (Å²) < 4.78 is 45.6. The summed E-state index contributed by atoms with van der Waals surface area (Å²) in [6, 6.07) is 10.3. The maximum absolute atomic E-state index is 14.2. The van der Waals surface area contributed by atoms with Crippen LogP contribution in [0.3, 0.4) is 0 Å². The number of rotatable bonds is 2. The van der Waals surface area contributed by atoms with E-state index in [1.807, 2.05) is 6.07 Å². The zero-order chi connectivity index (χ0) is 18.4. The number of hydrogen-bond donors (Lipinski definition) is 1. The van der Waals surface area contributed by atoms with Crippen molar-refractivity contribution in [3.05, 3.63) is 63.8 Å². The van der Waals surface area contributed by atoms with Crippen LogP contribution >= 0.6 is 0 Å². The van der Waals surface area contributed by atoms with Crippen molar-refractivity contribution in [3.63, 3.8) is 0 Å². The third kappa shape index (κ3) is 2.41. The number of nitrogens with one attached hydrogen (secondary N) is 1. The molecule has 26 heavy (non-hydrogen) atoms. The zero-order valence-corrected chi connectivity index (χ0v) is 12.9. The molecule has 1 N–H and O–H groups in total. The molecule has 0 aliphatic heterocycles. The van der Waals surface area contributed by atoms with Crippen molar-refractivity contribution >= 4 is 22.0 Å². The summed E-state index contributed by atoms with van der Waals surface area (Å²) in [7, 11) is 0. The molecule has 0 saturated heterocycles. The Hall–Kier alpha value is -3.60. The lowest BCUT2D eigenvalue weighted by Crippen LogP contribution is -2.01. The Kier molecular flexibility index (Phi) is 3.51. The number of nitriles is 1. The highest BCUT2D eigenvalue weighted by Crippen LogP contribution is 2.30. The van der Waals surface area contributed by atoms with Crippen LogP contribution in [0.1, 0.15) is 17.8 Å². The van der Waals surface area contributed by atoms with Gasteiger partial charge in [-0.25, -0.2) is 18.2 Å². The third-order valence-corrected chi connectivity index (χ3v) is 3.94. The molecule has 0 amide bonds. The minimum Gasteiger partial charge on any atom is -0.453 e. The fraction of sp³-hybridized carbons (Fsp3) is 0.0556. The number of halogens is 3. The number of hydrogen-bond acceptors (Lipinski definition) is 4. The van der Waals surface area contributed by atoms with Gasteiger partial charge in [0.15, 0.2) is 16.8 Å². The van der Waals surface area contributed by atoms with Gasteiger partial charge >= 0.3 is 0 Å². The van der Waals surface area contributed by atoms with E-state index in [-0.39, 0.29) is 27.8 Å². The van der Waals surface area contributed by atoms with Crippen LogP contribution in [-0.4, -0.2) is 9.97 Å². The van der Waals surface area contributed by atoms with E-state index in [2.05, 4.69) is 9.97 Å². The highest BCUT2D eigenvalue weighted by molar-refractivity contribution is 6.01. The first-order valence-corrected chi connectivity index (χ1v) is 7.42. The molecule has 0 saturated carbocycles. The standard InChI is InChI=1S/C18H8F3N3O2/c19-11-5-10-12(25)6-13(9-3-1-8(7-22)2-4-9)26-16(10)15-14(11)23-18(24-15)17(20)21/h1-6,17H,(H,23,24). The number of H-pyrrole nitrogens is 1. The van der Waals surface area contributed by atoms with E-state index in [0.29, 0.717) is 11.1 Å². The van der Waals surface area contributed by atoms with Crippen molar-refractivity contribution in [3.8, 4) is 17.4 Å². The SMILES string of the molecule is N#Cc1ccc(-c2cc(=O)c3cc(F)c4[nH]c(C(F)F)nc4c3o2)cc1. The predicted octanol–water partition coefficient (Wildman–Crippen LogP) is 4.28. The van der Waals surface area contributed by atoms with Crippen LogP contribution in [0, 0.1) is 17.1 Å². The van der Waals surface area contributed by atoms with E-state index in [9.17, 15) is 18.0 Å². The molecule has 0 fully saturated rings. The summed E-state index contributed by atoms with van der Waals surface area (Å²) in [5.74, 6) is -1.43. The molecular formula is C18H8F3N3O2. The number of nitrogens with zero attached hydrogens (tertiary/aromatic N) is 2. The quantitative estimate of drug-likeness (QED) is 0.582. The second-order valence-corrected chi connectivity index (χ2v) is 5.55. The number of imidazole rings is 1. The molecule has 0 spiro atoms. The van der Waals surface area contributed by atoms with Crippen molar-refractivity contribution in [2.24, 2.45) is 0 Å². The maximum atomic E-state index is 14.2. The lowest BCUT2D eigenvalue weighted by molar-refractivity contribution is 0.142. The van der Waals surface area contributed by atoms with Gasteiger partial charge in [-0.1, -0.05) is 0 Å². The van der Waals surface area contributed by atoms with E-state index in [1.165, 1.54) is 6.07 Å². The first kappa shape index (κ1) is 15.9. The average Bonchev–Trinajstić information content (AvgIpc) is 3.09. The Morgan fingerprint density at radius 2 is 1.92 bits per heavy atom. The van der Waals surface area contributed by atoms with E-state index < -0.39 is 23.5 Å². The molecule has 4 aromatic rings. The van der Waals surface area contributed by atoms with Crippen molar-refractivity contribution < 1.29 is 17.6 Å². The maximum Gasteiger partial charge on any atom is 0.295 e. The molecular weight excluding hydrogens is 347 g/mol. The molecule has 5 nitrogen and oxygen atoms in total. The van der Waals surface area contributed by atoms with Crippen LogP contribution in [0.5, 0.6) is 0 Å². The number of benzene rings is 2. The molecule has 4 rings (SSSR count). The van der Waals surface area contributed by atoms with E-state index in [0.717, 1.165) is 6.07 Å². The largest absolute Gasteiger partial charge is 0.453 e. The van der Waals surface area contributed by atoms with Crippen molar-refractivity contribution in [2.75, 3.05) is 0 Å². The third-order valence-electron chi connectivity index (χ3n) is 3.94. The molecule has 0 aliphatic carbocycles. The fourth-order valence-corrected chi connectivity index (χ4v) is 2.70. The Morgan fingerprint density at radius 1 is 1.19 bits per heavy atom. The highest BCUT2D eigenvalue weighted by atomic mass is 19.3. The molecule has 0 atom stereocenters. The van der Waals surface area contributed by atoms with E-state index >= 15 is 0 Å². The van der Waals surface area contributed by atoms with Gasteiger partial charge in [-0.15, -0.1) is 0 Å². The monoisotopic (exact) mass is 355 g/mol. The smallest absolute Gasteiger partial charge is 0.295 e. The van der Waals surface area contributed by atoms with Crippen LogP contribution in [0.25, 0.3) is 33.3 Å². The van der Waals surface area contributed by atoms with Gasteiger partial charge in [-0.3, -0.25) is 4.79 Å². The second-order valence-electron chi connectivity index (χ2n) is 5.55.